The minimum absolute atomic E-state index is 0.0300. The Balaban J connectivity index is 2.19. The molecule has 0 aliphatic heterocycles. The summed E-state index contributed by atoms with van der Waals surface area (Å²) in [4.78, 5) is 0. The molecule has 0 aliphatic carbocycles. The van der Waals surface area contributed by atoms with E-state index < -0.39 is 0 Å². The molecule has 0 N–H and O–H groups in total. The predicted octanol–water partition coefficient (Wildman–Crippen LogP) is 5.99. The van der Waals surface area contributed by atoms with E-state index >= 15 is 0 Å². The molecular weight excluding hydrogens is 264 g/mol. The Morgan fingerprint density at radius 2 is 1.14 bits per heavy atom. The van der Waals surface area contributed by atoms with Crippen LogP contribution >= 0.6 is 0 Å². The van der Waals surface area contributed by atoms with E-state index in [1.807, 2.05) is 0 Å². The van der Waals surface area contributed by atoms with Crippen molar-refractivity contribution in [3.05, 3.63) is 95.6 Å². The van der Waals surface area contributed by atoms with Crippen LogP contribution < -0.4 is 0 Å². The second-order valence-corrected chi connectivity index (χ2v) is 6.35. The van der Waals surface area contributed by atoms with Crippen LogP contribution in [0.25, 0.3) is 11.1 Å². The first kappa shape index (κ1) is 14.6. The van der Waals surface area contributed by atoms with Crippen molar-refractivity contribution >= 4 is 0 Å². The van der Waals surface area contributed by atoms with Crippen molar-refractivity contribution < 1.29 is 0 Å². The molecule has 0 spiro atoms. The summed E-state index contributed by atoms with van der Waals surface area (Å²) in [5, 5.41) is 0. The number of rotatable bonds is 3. The Bertz CT molecular complexity index is 767. The zero-order valence-corrected chi connectivity index (χ0v) is 13.5. The molecule has 0 saturated heterocycles. The largest absolute Gasteiger partial charge is 0.0622 e. The second kappa shape index (κ2) is 5.81. The van der Waals surface area contributed by atoms with Gasteiger partial charge in [-0.2, -0.15) is 0 Å². The van der Waals surface area contributed by atoms with Crippen LogP contribution in [0.1, 0.15) is 30.5 Å². The SMILES string of the molecule is Cc1ccccc1C(C)(C)c1ccccc1-c1ccccc1. The first-order valence-corrected chi connectivity index (χ1v) is 7.82. The van der Waals surface area contributed by atoms with Gasteiger partial charge in [-0.05, 0) is 34.7 Å². The quantitative estimate of drug-likeness (QED) is 0.555. The van der Waals surface area contributed by atoms with Gasteiger partial charge in [0.1, 0.15) is 0 Å². The molecule has 0 fully saturated rings. The molecule has 0 aromatic heterocycles. The van der Waals surface area contributed by atoms with Crippen molar-refractivity contribution in [1.82, 2.24) is 0 Å². The highest BCUT2D eigenvalue weighted by Crippen LogP contribution is 2.38. The molecule has 3 rings (SSSR count). The van der Waals surface area contributed by atoms with E-state index in [1.54, 1.807) is 0 Å². The van der Waals surface area contributed by atoms with Gasteiger partial charge in [-0.3, -0.25) is 0 Å². The lowest BCUT2D eigenvalue weighted by atomic mass is 9.73. The number of hydrogen-bond donors (Lipinski definition) is 0. The standard InChI is InChI=1S/C22H22/c1-17-11-7-9-15-20(17)22(2,3)21-16-10-8-14-19(21)18-12-5-4-6-13-18/h4-16H,1-3H3. The van der Waals surface area contributed by atoms with Gasteiger partial charge in [0, 0.05) is 5.41 Å². The second-order valence-electron chi connectivity index (χ2n) is 6.35. The van der Waals surface area contributed by atoms with Gasteiger partial charge in [-0.15, -0.1) is 0 Å². The van der Waals surface area contributed by atoms with Gasteiger partial charge < -0.3 is 0 Å². The summed E-state index contributed by atoms with van der Waals surface area (Å²) in [7, 11) is 0. The third-order valence-corrected chi connectivity index (χ3v) is 4.50. The topological polar surface area (TPSA) is 0 Å². The molecule has 0 unspecified atom stereocenters. The van der Waals surface area contributed by atoms with E-state index in [0.717, 1.165) is 0 Å². The first-order chi connectivity index (χ1) is 10.6. The van der Waals surface area contributed by atoms with Crippen LogP contribution in [0, 0.1) is 6.92 Å². The van der Waals surface area contributed by atoms with Crippen molar-refractivity contribution in [2.75, 3.05) is 0 Å². The number of aryl methyl sites for hydroxylation is 1. The van der Waals surface area contributed by atoms with Crippen molar-refractivity contribution in [2.45, 2.75) is 26.2 Å². The van der Waals surface area contributed by atoms with Crippen molar-refractivity contribution in [1.29, 1.82) is 0 Å². The summed E-state index contributed by atoms with van der Waals surface area (Å²) in [6.45, 7) is 6.83. The molecule has 3 aromatic rings. The molecule has 0 heterocycles. The molecule has 0 bridgehead atoms. The molecule has 0 atom stereocenters. The van der Waals surface area contributed by atoms with Crippen molar-refractivity contribution in [3.8, 4) is 11.1 Å². The fourth-order valence-electron chi connectivity index (χ4n) is 3.32. The molecule has 0 amide bonds. The molecule has 0 radical (unpaired) electrons. The normalized spacial score (nSPS) is 11.4. The van der Waals surface area contributed by atoms with E-state index in [-0.39, 0.29) is 5.41 Å². The molecule has 0 heteroatoms. The summed E-state index contributed by atoms with van der Waals surface area (Å²) in [5.41, 5.74) is 6.66. The summed E-state index contributed by atoms with van der Waals surface area (Å²) in [5.74, 6) is 0. The fourth-order valence-corrected chi connectivity index (χ4v) is 3.32. The third kappa shape index (κ3) is 2.57. The van der Waals surface area contributed by atoms with Crippen molar-refractivity contribution in [2.24, 2.45) is 0 Å². The number of benzene rings is 3. The highest BCUT2D eigenvalue weighted by Gasteiger charge is 2.27. The van der Waals surface area contributed by atoms with Crippen LogP contribution in [0.5, 0.6) is 0 Å². The van der Waals surface area contributed by atoms with Crippen LogP contribution in [0.3, 0.4) is 0 Å². The monoisotopic (exact) mass is 286 g/mol. The average Bonchev–Trinajstić information content (AvgIpc) is 2.56. The lowest BCUT2D eigenvalue weighted by molar-refractivity contribution is 0.638. The Hall–Kier alpha value is -2.34. The van der Waals surface area contributed by atoms with Gasteiger partial charge >= 0.3 is 0 Å². The number of hydrogen-bond acceptors (Lipinski definition) is 0. The van der Waals surface area contributed by atoms with Crippen LogP contribution in [0.15, 0.2) is 78.9 Å². The lowest BCUT2D eigenvalue weighted by Crippen LogP contribution is -2.21. The van der Waals surface area contributed by atoms with E-state index in [1.165, 1.54) is 27.8 Å². The maximum absolute atomic E-state index is 2.32. The fraction of sp³-hybridized carbons (Fsp3) is 0.182. The Kier molecular flexibility index (Phi) is 3.85. The van der Waals surface area contributed by atoms with E-state index in [2.05, 4.69) is 99.6 Å². The highest BCUT2D eigenvalue weighted by atomic mass is 14.3. The Morgan fingerprint density at radius 3 is 1.82 bits per heavy atom. The van der Waals surface area contributed by atoms with Gasteiger partial charge in [-0.1, -0.05) is 92.7 Å². The van der Waals surface area contributed by atoms with Gasteiger partial charge in [-0.25, -0.2) is 0 Å². The van der Waals surface area contributed by atoms with Crippen molar-refractivity contribution in [3.63, 3.8) is 0 Å². The molecule has 22 heavy (non-hydrogen) atoms. The molecule has 0 saturated carbocycles. The van der Waals surface area contributed by atoms with E-state index in [9.17, 15) is 0 Å². The molecule has 0 aliphatic rings. The molecule has 3 aromatic carbocycles. The van der Waals surface area contributed by atoms with Crippen LogP contribution in [0.4, 0.5) is 0 Å². The Morgan fingerprint density at radius 1 is 0.591 bits per heavy atom. The van der Waals surface area contributed by atoms with Gasteiger partial charge in [0.25, 0.3) is 0 Å². The predicted molar refractivity (Wildman–Crippen MR) is 95.2 cm³/mol. The molecule has 0 nitrogen and oxygen atoms in total. The zero-order chi connectivity index (χ0) is 15.6. The first-order valence-electron chi connectivity index (χ1n) is 7.82. The molecule has 110 valence electrons. The highest BCUT2D eigenvalue weighted by molar-refractivity contribution is 5.70. The van der Waals surface area contributed by atoms with Gasteiger partial charge in [0.2, 0.25) is 0 Å². The summed E-state index contributed by atoms with van der Waals surface area (Å²) < 4.78 is 0. The minimum atomic E-state index is -0.0300. The smallest absolute Gasteiger partial charge is 0.0155 e. The van der Waals surface area contributed by atoms with Crippen LogP contribution in [0.2, 0.25) is 0 Å². The van der Waals surface area contributed by atoms with E-state index in [0.29, 0.717) is 0 Å². The summed E-state index contributed by atoms with van der Waals surface area (Å²) in [6, 6.07) is 28.1. The third-order valence-electron chi connectivity index (χ3n) is 4.50. The minimum Gasteiger partial charge on any atom is -0.0622 e. The zero-order valence-electron chi connectivity index (χ0n) is 13.5. The van der Waals surface area contributed by atoms with Gasteiger partial charge in [0.05, 0.1) is 0 Å². The molecular formula is C22H22. The summed E-state index contributed by atoms with van der Waals surface area (Å²) in [6.07, 6.45) is 0. The lowest BCUT2D eigenvalue weighted by Gasteiger charge is -2.30. The van der Waals surface area contributed by atoms with Gasteiger partial charge in [0.15, 0.2) is 0 Å². The van der Waals surface area contributed by atoms with Crippen LogP contribution in [-0.2, 0) is 5.41 Å². The maximum atomic E-state index is 2.32. The Labute approximate surface area is 133 Å². The maximum Gasteiger partial charge on any atom is 0.0155 e. The van der Waals surface area contributed by atoms with Crippen LogP contribution in [-0.4, -0.2) is 0 Å². The van der Waals surface area contributed by atoms with E-state index in [4.69, 9.17) is 0 Å². The summed E-state index contributed by atoms with van der Waals surface area (Å²) >= 11 is 0. The average molecular weight is 286 g/mol.